The molecular formula is C23H24N2O4. The van der Waals surface area contributed by atoms with E-state index in [1.54, 1.807) is 6.07 Å². The fourth-order valence-electron chi connectivity index (χ4n) is 2.86. The van der Waals surface area contributed by atoms with Gasteiger partial charge >= 0.3 is 5.97 Å². The molecule has 2 aromatic carbocycles. The summed E-state index contributed by atoms with van der Waals surface area (Å²) in [6.45, 7) is 5.73. The van der Waals surface area contributed by atoms with Crippen molar-refractivity contribution in [2.45, 2.75) is 39.2 Å². The minimum atomic E-state index is -0.944. The number of esters is 1. The highest BCUT2D eigenvalue weighted by Crippen LogP contribution is 2.26. The zero-order chi connectivity index (χ0) is 20.8. The zero-order valence-corrected chi connectivity index (χ0v) is 16.7. The van der Waals surface area contributed by atoms with Crippen molar-refractivity contribution in [1.29, 1.82) is 0 Å². The van der Waals surface area contributed by atoms with Gasteiger partial charge in [0.05, 0.1) is 0 Å². The summed E-state index contributed by atoms with van der Waals surface area (Å²) < 4.78 is 10.7. The van der Waals surface area contributed by atoms with Crippen LogP contribution in [0.5, 0.6) is 0 Å². The molecular weight excluding hydrogens is 368 g/mol. The van der Waals surface area contributed by atoms with Crippen LogP contribution in [-0.2, 0) is 14.3 Å². The topological polar surface area (TPSA) is 81.4 Å². The number of nitrogens with one attached hydrogen (secondary N) is 1. The Morgan fingerprint density at radius 2 is 1.86 bits per heavy atom. The highest BCUT2D eigenvalue weighted by molar-refractivity contribution is 5.97. The number of oxazole rings is 1. The first-order valence-electron chi connectivity index (χ1n) is 9.62. The van der Waals surface area contributed by atoms with E-state index in [0.717, 1.165) is 17.7 Å². The molecule has 2 atom stereocenters. The summed E-state index contributed by atoms with van der Waals surface area (Å²) in [6.07, 6.45) is 2.63. The smallest absolute Gasteiger partial charge is 0.331 e. The number of hydrogen-bond donors (Lipinski definition) is 1. The molecule has 0 unspecified atom stereocenters. The number of ether oxygens (including phenoxy) is 1. The molecule has 1 amide bonds. The van der Waals surface area contributed by atoms with E-state index in [0.29, 0.717) is 22.9 Å². The Hall–Kier alpha value is -3.41. The van der Waals surface area contributed by atoms with Gasteiger partial charge in [0.15, 0.2) is 11.7 Å². The molecule has 6 nitrogen and oxygen atoms in total. The van der Waals surface area contributed by atoms with Gasteiger partial charge in [0, 0.05) is 17.8 Å². The van der Waals surface area contributed by atoms with E-state index >= 15 is 0 Å². The summed E-state index contributed by atoms with van der Waals surface area (Å²) in [7, 11) is 0. The molecule has 0 fully saturated rings. The summed E-state index contributed by atoms with van der Waals surface area (Å²) in [4.78, 5) is 28.8. The van der Waals surface area contributed by atoms with E-state index in [2.05, 4.69) is 24.1 Å². The second kappa shape index (κ2) is 9.19. The van der Waals surface area contributed by atoms with Crippen LogP contribution in [-0.4, -0.2) is 23.0 Å². The minimum Gasteiger partial charge on any atom is -0.449 e. The van der Waals surface area contributed by atoms with Gasteiger partial charge in [0.25, 0.3) is 5.91 Å². The normalized spacial score (nSPS) is 13.3. The lowest BCUT2D eigenvalue weighted by atomic mass is 9.97. The molecule has 0 radical (unpaired) electrons. The number of aromatic nitrogens is 1. The number of anilines is 1. The molecule has 0 aliphatic rings. The molecule has 1 heterocycles. The van der Waals surface area contributed by atoms with Crippen molar-refractivity contribution in [3.05, 3.63) is 66.1 Å². The molecule has 0 spiro atoms. The minimum absolute atomic E-state index is 0.294. The van der Waals surface area contributed by atoms with E-state index in [4.69, 9.17) is 9.15 Å². The van der Waals surface area contributed by atoms with Gasteiger partial charge < -0.3 is 14.5 Å². The zero-order valence-electron chi connectivity index (χ0n) is 16.7. The molecule has 0 aliphatic heterocycles. The number of nitrogens with zero attached hydrogens (tertiary/aromatic N) is 1. The summed E-state index contributed by atoms with van der Waals surface area (Å²) in [5.74, 6) is -0.430. The maximum absolute atomic E-state index is 12.5. The first kappa shape index (κ1) is 20.3. The number of hydrogen-bond acceptors (Lipinski definition) is 5. The lowest BCUT2D eigenvalue weighted by Gasteiger charge is -2.17. The quantitative estimate of drug-likeness (QED) is 0.456. The van der Waals surface area contributed by atoms with Crippen LogP contribution in [0.3, 0.4) is 0 Å². The van der Waals surface area contributed by atoms with E-state index in [9.17, 15) is 9.59 Å². The number of para-hydroxylation sites is 3. The van der Waals surface area contributed by atoms with Crippen molar-refractivity contribution in [3.63, 3.8) is 0 Å². The van der Waals surface area contributed by atoms with Gasteiger partial charge in [0.1, 0.15) is 5.52 Å². The van der Waals surface area contributed by atoms with Gasteiger partial charge in [-0.15, -0.1) is 0 Å². The van der Waals surface area contributed by atoms with E-state index < -0.39 is 12.1 Å². The van der Waals surface area contributed by atoms with Gasteiger partial charge in [0.2, 0.25) is 5.89 Å². The van der Waals surface area contributed by atoms with Crippen LogP contribution in [0.15, 0.2) is 59.0 Å². The summed E-state index contributed by atoms with van der Waals surface area (Å²) >= 11 is 0. The number of rotatable bonds is 7. The standard InChI is InChI=1S/C23H24N2O4/c1-4-15(2)17-9-5-6-10-18(17)25-23(27)16(3)28-22(26)14-13-21-24-19-11-7-8-12-20(19)29-21/h5-16H,4H2,1-3H3,(H,25,27)/b14-13+/t15-,16+/m1/s1. The van der Waals surface area contributed by atoms with E-state index in [1.165, 1.54) is 19.1 Å². The average molecular weight is 392 g/mol. The Morgan fingerprint density at radius 3 is 2.62 bits per heavy atom. The van der Waals surface area contributed by atoms with Crippen LogP contribution >= 0.6 is 0 Å². The molecule has 150 valence electrons. The van der Waals surface area contributed by atoms with Crippen LogP contribution in [0.4, 0.5) is 5.69 Å². The summed E-state index contributed by atoms with van der Waals surface area (Å²) in [6, 6.07) is 14.9. The Bertz CT molecular complexity index is 1010. The molecule has 0 bridgehead atoms. The number of amides is 1. The Kier molecular flexibility index (Phi) is 6.44. The lowest BCUT2D eigenvalue weighted by molar-refractivity contribution is -0.148. The lowest BCUT2D eigenvalue weighted by Crippen LogP contribution is -2.29. The SMILES string of the molecule is CC[C@@H](C)c1ccccc1NC(=O)[C@H](C)OC(=O)/C=C/c1nc2ccccc2o1. The Labute approximate surface area is 169 Å². The molecule has 6 heteroatoms. The molecule has 3 rings (SSSR count). The summed E-state index contributed by atoms with van der Waals surface area (Å²) in [5, 5.41) is 2.85. The van der Waals surface area contributed by atoms with Crippen molar-refractivity contribution in [1.82, 2.24) is 4.98 Å². The van der Waals surface area contributed by atoms with Gasteiger partial charge in [-0.05, 0) is 43.0 Å². The highest BCUT2D eigenvalue weighted by atomic mass is 16.5. The average Bonchev–Trinajstić information content (AvgIpc) is 3.15. The fraction of sp³-hybridized carbons (Fsp3) is 0.261. The van der Waals surface area contributed by atoms with Crippen molar-refractivity contribution in [2.75, 3.05) is 5.32 Å². The molecule has 1 N–H and O–H groups in total. The second-order valence-corrected chi connectivity index (χ2v) is 6.82. The maximum Gasteiger partial charge on any atom is 0.331 e. The van der Waals surface area contributed by atoms with Crippen LogP contribution in [0.1, 0.15) is 44.6 Å². The molecule has 0 aliphatic carbocycles. The van der Waals surface area contributed by atoms with Gasteiger partial charge in [-0.1, -0.05) is 44.2 Å². The molecule has 0 saturated heterocycles. The third-order valence-corrected chi connectivity index (χ3v) is 4.70. The third-order valence-electron chi connectivity index (χ3n) is 4.70. The van der Waals surface area contributed by atoms with Crippen LogP contribution in [0.2, 0.25) is 0 Å². The second-order valence-electron chi connectivity index (χ2n) is 6.82. The summed E-state index contributed by atoms with van der Waals surface area (Å²) in [5.41, 5.74) is 3.12. The van der Waals surface area contributed by atoms with Crippen molar-refractivity contribution < 1.29 is 18.7 Å². The highest BCUT2D eigenvalue weighted by Gasteiger charge is 2.19. The van der Waals surface area contributed by atoms with E-state index in [-0.39, 0.29) is 5.91 Å². The largest absolute Gasteiger partial charge is 0.449 e. The van der Waals surface area contributed by atoms with Crippen molar-refractivity contribution in [2.24, 2.45) is 0 Å². The number of carbonyl (C=O) groups is 2. The van der Waals surface area contributed by atoms with Crippen LogP contribution in [0, 0.1) is 0 Å². The Morgan fingerprint density at radius 1 is 1.14 bits per heavy atom. The molecule has 29 heavy (non-hydrogen) atoms. The number of fused-ring (bicyclic) bond motifs is 1. The monoisotopic (exact) mass is 392 g/mol. The fourth-order valence-corrected chi connectivity index (χ4v) is 2.86. The van der Waals surface area contributed by atoms with Gasteiger partial charge in [-0.2, -0.15) is 0 Å². The molecule has 0 saturated carbocycles. The van der Waals surface area contributed by atoms with E-state index in [1.807, 2.05) is 42.5 Å². The van der Waals surface area contributed by atoms with Crippen LogP contribution in [0.25, 0.3) is 17.2 Å². The van der Waals surface area contributed by atoms with Crippen molar-refractivity contribution in [3.8, 4) is 0 Å². The third kappa shape index (κ3) is 5.10. The first-order valence-corrected chi connectivity index (χ1v) is 9.62. The maximum atomic E-state index is 12.5. The van der Waals surface area contributed by atoms with Crippen LogP contribution < -0.4 is 5.32 Å². The predicted octanol–water partition coefficient (Wildman–Crippen LogP) is 4.92. The van der Waals surface area contributed by atoms with Gasteiger partial charge in [-0.3, -0.25) is 4.79 Å². The van der Waals surface area contributed by atoms with Crippen molar-refractivity contribution >= 4 is 34.7 Å². The first-order chi connectivity index (χ1) is 14.0. The molecule has 1 aromatic heterocycles. The number of carbonyl (C=O) groups excluding carboxylic acids is 2. The molecule has 3 aromatic rings. The Balaban J connectivity index is 1.60. The van der Waals surface area contributed by atoms with Gasteiger partial charge in [-0.25, -0.2) is 9.78 Å². The number of benzene rings is 2. The predicted molar refractivity (Wildman–Crippen MR) is 112 cm³/mol.